The van der Waals surface area contributed by atoms with Crippen LogP contribution in [-0.4, -0.2) is 36.5 Å². The van der Waals surface area contributed by atoms with Gasteiger partial charge in [-0.15, -0.1) is 0 Å². The molecule has 0 saturated carbocycles. The first-order valence-corrected chi connectivity index (χ1v) is 6.95. The molecule has 2 heterocycles. The highest BCUT2D eigenvalue weighted by Crippen LogP contribution is 2.38. The molecule has 0 aliphatic carbocycles. The van der Waals surface area contributed by atoms with Gasteiger partial charge in [0.25, 0.3) is 0 Å². The molecule has 0 spiro atoms. The lowest BCUT2D eigenvalue weighted by atomic mass is 9.79. The minimum atomic E-state index is -0.936. The molecule has 1 amide bonds. The third kappa shape index (κ3) is 2.76. The van der Waals surface area contributed by atoms with Crippen molar-refractivity contribution in [1.82, 2.24) is 4.98 Å². The van der Waals surface area contributed by atoms with Crippen LogP contribution in [0.5, 0.6) is 11.5 Å². The average Bonchev–Trinajstić information content (AvgIpc) is 2.60. The molecule has 1 aliphatic rings. The number of amides is 1. The number of nitrogens with two attached hydrogens (primary N) is 1. The maximum absolute atomic E-state index is 11.1. The summed E-state index contributed by atoms with van der Waals surface area (Å²) in [7, 11) is 0.792. The summed E-state index contributed by atoms with van der Waals surface area (Å²) in [4.78, 5) is 15.3. The Morgan fingerprint density at radius 3 is 2.23 bits per heavy atom. The second-order valence-corrected chi connectivity index (χ2v) is 6.17. The molecule has 0 atom stereocenters. The first-order chi connectivity index (χ1) is 10.1. The molecule has 0 bridgehead atoms. The lowest BCUT2D eigenvalue weighted by molar-refractivity contribution is 0.00578. The van der Waals surface area contributed by atoms with Crippen molar-refractivity contribution in [2.24, 2.45) is 5.73 Å². The lowest BCUT2D eigenvalue weighted by Gasteiger charge is -2.32. The third-order valence-electron chi connectivity index (χ3n) is 4.11. The van der Waals surface area contributed by atoms with Crippen LogP contribution >= 0.6 is 0 Å². The number of ether oxygens (including phenoxy) is 2. The van der Waals surface area contributed by atoms with Gasteiger partial charge in [0, 0.05) is 11.7 Å². The number of hydrogen-bond acceptors (Lipinski definition) is 6. The van der Waals surface area contributed by atoms with Gasteiger partial charge in [-0.1, -0.05) is 0 Å². The van der Waals surface area contributed by atoms with E-state index in [4.69, 9.17) is 24.5 Å². The van der Waals surface area contributed by atoms with Gasteiger partial charge in [0.15, 0.2) is 11.5 Å². The molecule has 8 heteroatoms. The Labute approximate surface area is 130 Å². The zero-order chi connectivity index (χ0) is 16.7. The van der Waals surface area contributed by atoms with Gasteiger partial charge >= 0.3 is 13.2 Å². The number of carbonyl (C=O) groups is 1. The molecule has 2 N–H and O–H groups in total. The topological polar surface area (TPSA) is 92.9 Å². The summed E-state index contributed by atoms with van der Waals surface area (Å²) in [5.41, 5.74) is 5.12. The number of aromatic nitrogens is 1. The minimum absolute atomic E-state index is 0.169. The van der Waals surface area contributed by atoms with Crippen molar-refractivity contribution in [3.8, 4) is 11.5 Å². The number of primary amides is 1. The summed E-state index contributed by atoms with van der Waals surface area (Å²) in [5, 5.41) is 0. The molecule has 1 saturated heterocycles. The van der Waals surface area contributed by atoms with Crippen LogP contribution in [0.2, 0.25) is 0 Å². The molecule has 0 unspecified atom stereocenters. The summed E-state index contributed by atoms with van der Waals surface area (Å²) in [6, 6.07) is 0. The van der Waals surface area contributed by atoms with Gasteiger partial charge < -0.3 is 24.5 Å². The Kier molecular flexibility index (Phi) is 4.10. The molecule has 1 fully saturated rings. The predicted octanol–water partition coefficient (Wildman–Crippen LogP) is 1.16. The van der Waals surface area contributed by atoms with Gasteiger partial charge in [0.2, 0.25) is 0 Å². The summed E-state index contributed by atoms with van der Waals surface area (Å²) in [6.45, 7) is 9.47. The molecule has 0 radical (unpaired) electrons. The number of nitrogens with zero attached hydrogens (tertiary/aromatic N) is 1. The summed E-state index contributed by atoms with van der Waals surface area (Å²) >= 11 is 0. The Morgan fingerprint density at radius 1 is 1.23 bits per heavy atom. The van der Waals surface area contributed by atoms with Gasteiger partial charge in [0.1, 0.15) is 0 Å². The Balaban J connectivity index is 2.47. The SMILES string of the molecule is COc1c(B2OC(C)(C)C(C)(C)O2)cnc(C)c1OC(N)=O. The molecule has 1 aromatic heterocycles. The quantitative estimate of drug-likeness (QED) is 0.842. The fourth-order valence-corrected chi connectivity index (χ4v) is 2.15. The molecule has 2 rings (SSSR count). The number of rotatable bonds is 3. The fraction of sp³-hybridized carbons (Fsp3) is 0.571. The van der Waals surface area contributed by atoms with E-state index >= 15 is 0 Å². The number of aryl methyl sites for hydroxylation is 1. The number of hydrogen-bond donors (Lipinski definition) is 1. The van der Waals surface area contributed by atoms with Crippen LogP contribution in [0.15, 0.2) is 6.20 Å². The van der Waals surface area contributed by atoms with E-state index in [2.05, 4.69) is 4.98 Å². The molecule has 1 aliphatic heterocycles. The molecule has 0 aromatic carbocycles. The van der Waals surface area contributed by atoms with Crippen LogP contribution in [0.1, 0.15) is 33.4 Å². The second-order valence-electron chi connectivity index (χ2n) is 6.17. The van der Waals surface area contributed by atoms with Crippen molar-refractivity contribution in [1.29, 1.82) is 0 Å². The van der Waals surface area contributed by atoms with E-state index in [0.717, 1.165) is 0 Å². The first kappa shape index (κ1) is 16.6. The van der Waals surface area contributed by atoms with Crippen molar-refractivity contribution in [2.75, 3.05) is 7.11 Å². The van der Waals surface area contributed by atoms with Crippen LogP contribution < -0.4 is 20.7 Å². The summed E-state index contributed by atoms with van der Waals surface area (Å²) in [6.07, 6.45) is 0.652. The molecule has 7 nitrogen and oxygen atoms in total. The highest BCUT2D eigenvalue weighted by atomic mass is 16.7. The summed E-state index contributed by atoms with van der Waals surface area (Å²) < 4.78 is 22.3. The van der Waals surface area contributed by atoms with E-state index < -0.39 is 24.4 Å². The highest BCUT2D eigenvalue weighted by molar-refractivity contribution is 6.63. The summed E-state index contributed by atoms with van der Waals surface area (Å²) in [5.74, 6) is 0.493. The zero-order valence-electron chi connectivity index (χ0n) is 13.7. The molecule has 22 heavy (non-hydrogen) atoms. The van der Waals surface area contributed by atoms with Crippen molar-refractivity contribution in [2.45, 2.75) is 45.8 Å². The second kappa shape index (κ2) is 5.44. The van der Waals surface area contributed by atoms with E-state index in [-0.39, 0.29) is 5.75 Å². The van der Waals surface area contributed by atoms with E-state index in [0.29, 0.717) is 16.9 Å². The highest BCUT2D eigenvalue weighted by Gasteiger charge is 2.53. The van der Waals surface area contributed by atoms with Crippen LogP contribution in [0.3, 0.4) is 0 Å². The lowest BCUT2D eigenvalue weighted by Crippen LogP contribution is -2.41. The van der Waals surface area contributed by atoms with Crippen molar-refractivity contribution in [3.63, 3.8) is 0 Å². The van der Waals surface area contributed by atoms with Crippen molar-refractivity contribution < 1.29 is 23.6 Å². The van der Waals surface area contributed by atoms with Crippen LogP contribution in [0, 0.1) is 6.92 Å². The predicted molar refractivity (Wildman–Crippen MR) is 81.5 cm³/mol. The van der Waals surface area contributed by atoms with Gasteiger partial charge in [-0.05, 0) is 34.6 Å². The van der Waals surface area contributed by atoms with Gasteiger partial charge in [0.05, 0.1) is 24.0 Å². The number of carbonyl (C=O) groups excluding carboxylic acids is 1. The fourth-order valence-electron chi connectivity index (χ4n) is 2.15. The van der Waals surface area contributed by atoms with E-state index in [1.165, 1.54) is 7.11 Å². The minimum Gasteiger partial charge on any atom is -0.493 e. The standard InChI is InChI=1S/C14H21BN2O5/c1-8-10(20-12(16)18)11(19-6)9(7-17-8)15-21-13(2,3)14(4,5)22-15/h7H,1-6H3,(H2,16,18). The Bertz CT molecular complexity index is 587. The molecule has 1 aromatic rings. The van der Waals surface area contributed by atoms with Gasteiger partial charge in [-0.25, -0.2) is 4.79 Å². The zero-order valence-corrected chi connectivity index (χ0v) is 13.7. The van der Waals surface area contributed by atoms with Crippen molar-refractivity contribution >= 4 is 18.7 Å². The van der Waals surface area contributed by atoms with Crippen LogP contribution in [0.4, 0.5) is 4.79 Å². The van der Waals surface area contributed by atoms with E-state index in [9.17, 15) is 4.79 Å². The van der Waals surface area contributed by atoms with Crippen LogP contribution in [0.25, 0.3) is 0 Å². The molecule has 120 valence electrons. The Morgan fingerprint density at radius 2 is 1.77 bits per heavy atom. The maximum atomic E-state index is 11.1. The average molecular weight is 308 g/mol. The van der Waals surface area contributed by atoms with Crippen molar-refractivity contribution in [3.05, 3.63) is 11.9 Å². The van der Waals surface area contributed by atoms with Gasteiger partial charge in [-0.3, -0.25) is 4.98 Å². The monoisotopic (exact) mass is 308 g/mol. The smallest absolute Gasteiger partial charge is 0.493 e. The van der Waals surface area contributed by atoms with Gasteiger partial charge in [-0.2, -0.15) is 0 Å². The normalized spacial score (nSPS) is 19.1. The van der Waals surface area contributed by atoms with E-state index in [1.54, 1.807) is 13.1 Å². The van der Waals surface area contributed by atoms with E-state index in [1.807, 2.05) is 27.7 Å². The maximum Gasteiger partial charge on any atom is 0.500 e. The number of methoxy groups -OCH3 is 1. The van der Waals surface area contributed by atoms with Crippen LogP contribution in [-0.2, 0) is 9.31 Å². The number of pyridine rings is 1. The largest absolute Gasteiger partial charge is 0.500 e. The molecular formula is C14H21BN2O5. The first-order valence-electron chi connectivity index (χ1n) is 6.95. The third-order valence-corrected chi connectivity index (χ3v) is 4.11. The Hall–Kier alpha value is -1.80. The molecular weight excluding hydrogens is 287 g/mol.